The summed E-state index contributed by atoms with van der Waals surface area (Å²) in [6, 6.07) is 8.32. The first-order valence-corrected chi connectivity index (χ1v) is 8.74. The second-order valence-corrected chi connectivity index (χ2v) is 7.56. The predicted octanol–water partition coefficient (Wildman–Crippen LogP) is 4.87. The smallest absolute Gasteiger partial charge is 0.213 e. The molecule has 0 aliphatic carbocycles. The highest BCUT2D eigenvalue weighted by atomic mass is 16.5. The maximum atomic E-state index is 5.08. The number of aryl methyl sites for hydroxylation is 1. The number of anilines is 1. The summed E-state index contributed by atoms with van der Waals surface area (Å²) in [7, 11) is 3.81. The summed E-state index contributed by atoms with van der Waals surface area (Å²) in [5.74, 6) is 1.14. The number of benzene rings is 1. The van der Waals surface area contributed by atoms with Gasteiger partial charge in [0.05, 0.1) is 19.0 Å². The van der Waals surface area contributed by atoms with Crippen molar-refractivity contribution in [2.45, 2.75) is 45.6 Å². The van der Waals surface area contributed by atoms with E-state index in [2.05, 4.69) is 61.8 Å². The van der Waals surface area contributed by atoms with E-state index in [4.69, 9.17) is 4.74 Å². The van der Waals surface area contributed by atoms with Crippen LogP contribution >= 0.6 is 0 Å². The molecular weight excluding hydrogens is 310 g/mol. The number of pyridine rings is 1. The van der Waals surface area contributed by atoms with E-state index in [9.17, 15) is 0 Å². The molecule has 1 aliphatic heterocycles. The average Bonchev–Trinajstić information content (AvgIpc) is 2.58. The fourth-order valence-electron chi connectivity index (χ4n) is 3.59. The summed E-state index contributed by atoms with van der Waals surface area (Å²) in [5.41, 5.74) is 6.15. The number of methoxy groups -OCH3 is 1. The number of aromatic nitrogens is 1. The molecule has 0 spiro atoms. The third-order valence-corrected chi connectivity index (χ3v) is 5.30. The lowest BCUT2D eigenvalue weighted by Crippen LogP contribution is -2.45. The van der Waals surface area contributed by atoms with Crippen LogP contribution in [0.5, 0.6) is 5.88 Å². The van der Waals surface area contributed by atoms with Crippen molar-refractivity contribution >= 4 is 17.6 Å². The summed E-state index contributed by atoms with van der Waals surface area (Å²) in [6.45, 7) is 9.09. The van der Waals surface area contributed by atoms with Gasteiger partial charge in [-0.1, -0.05) is 6.92 Å². The zero-order valence-corrected chi connectivity index (χ0v) is 16.0. The molecule has 0 amide bonds. The van der Waals surface area contributed by atoms with Crippen LogP contribution in [0.2, 0.25) is 0 Å². The number of rotatable bonds is 3. The lowest BCUT2D eigenvalue weighted by Gasteiger charge is -2.45. The highest BCUT2D eigenvalue weighted by Gasteiger charge is 2.34. The Morgan fingerprint density at radius 2 is 2.08 bits per heavy atom. The first-order valence-electron chi connectivity index (χ1n) is 8.74. The quantitative estimate of drug-likeness (QED) is 0.750. The second kappa shape index (κ2) is 6.51. The van der Waals surface area contributed by atoms with Crippen LogP contribution in [-0.4, -0.2) is 30.9 Å². The van der Waals surface area contributed by atoms with Crippen molar-refractivity contribution in [2.75, 3.05) is 19.1 Å². The van der Waals surface area contributed by atoms with Gasteiger partial charge >= 0.3 is 0 Å². The van der Waals surface area contributed by atoms with Gasteiger partial charge in [0.2, 0.25) is 5.88 Å². The van der Waals surface area contributed by atoms with E-state index in [1.807, 2.05) is 18.3 Å². The monoisotopic (exact) mass is 337 g/mol. The molecule has 25 heavy (non-hydrogen) atoms. The van der Waals surface area contributed by atoms with Crippen LogP contribution in [0.1, 0.15) is 49.8 Å². The molecule has 4 nitrogen and oxygen atoms in total. The molecule has 1 atom stereocenters. The van der Waals surface area contributed by atoms with Crippen molar-refractivity contribution in [1.82, 2.24) is 4.98 Å². The molecule has 0 bridgehead atoms. The van der Waals surface area contributed by atoms with E-state index in [-0.39, 0.29) is 5.54 Å². The van der Waals surface area contributed by atoms with Crippen molar-refractivity contribution in [3.63, 3.8) is 0 Å². The zero-order valence-electron chi connectivity index (χ0n) is 16.0. The molecule has 1 aromatic carbocycles. The standard InChI is InChI=1S/C21H27N3O/c1-14-9-19-18(15(2)11-21(3,4)24(19)5)10-16(14)12-22-17-7-8-20(25-6)23-13-17/h7-10,12-13,15H,11H2,1-6H3/t15-/m0/s1. The third-order valence-electron chi connectivity index (χ3n) is 5.30. The van der Waals surface area contributed by atoms with Gasteiger partial charge in [-0.3, -0.25) is 4.99 Å². The fourth-order valence-corrected chi connectivity index (χ4v) is 3.59. The van der Waals surface area contributed by atoms with Crippen LogP contribution in [0.4, 0.5) is 11.4 Å². The molecular formula is C21H27N3O. The van der Waals surface area contributed by atoms with Gasteiger partial charge in [0.15, 0.2) is 0 Å². The highest BCUT2D eigenvalue weighted by Crippen LogP contribution is 2.43. The Bertz CT molecular complexity index is 794. The summed E-state index contributed by atoms with van der Waals surface area (Å²) in [6.07, 6.45) is 4.81. The fraction of sp³-hybridized carbons (Fsp3) is 0.429. The van der Waals surface area contributed by atoms with Gasteiger partial charge in [-0.2, -0.15) is 0 Å². The molecule has 0 N–H and O–H groups in total. The number of ether oxygens (including phenoxy) is 1. The van der Waals surface area contributed by atoms with Crippen LogP contribution < -0.4 is 9.64 Å². The van der Waals surface area contributed by atoms with Gasteiger partial charge < -0.3 is 9.64 Å². The van der Waals surface area contributed by atoms with Crippen molar-refractivity contribution in [2.24, 2.45) is 4.99 Å². The molecule has 3 rings (SSSR count). The minimum Gasteiger partial charge on any atom is -0.481 e. The van der Waals surface area contributed by atoms with Gasteiger partial charge in [0.25, 0.3) is 0 Å². The number of nitrogens with zero attached hydrogens (tertiary/aromatic N) is 3. The minimum absolute atomic E-state index is 0.184. The lowest BCUT2D eigenvalue weighted by atomic mass is 9.79. The molecule has 0 fully saturated rings. The largest absolute Gasteiger partial charge is 0.481 e. The summed E-state index contributed by atoms with van der Waals surface area (Å²) in [4.78, 5) is 11.2. The molecule has 132 valence electrons. The predicted molar refractivity (Wildman–Crippen MR) is 105 cm³/mol. The molecule has 0 saturated heterocycles. The zero-order chi connectivity index (χ0) is 18.2. The topological polar surface area (TPSA) is 37.7 Å². The molecule has 0 radical (unpaired) electrons. The van der Waals surface area contributed by atoms with E-state index in [0.717, 1.165) is 17.7 Å². The van der Waals surface area contributed by atoms with E-state index >= 15 is 0 Å². The molecule has 0 unspecified atom stereocenters. The van der Waals surface area contributed by atoms with E-state index in [0.29, 0.717) is 11.8 Å². The van der Waals surface area contributed by atoms with Gasteiger partial charge in [-0.05, 0) is 68.0 Å². The van der Waals surface area contributed by atoms with Crippen molar-refractivity contribution in [3.05, 3.63) is 47.2 Å². The van der Waals surface area contributed by atoms with Crippen molar-refractivity contribution < 1.29 is 4.74 Å². The van der Waals surface area contributed by atoms with Crippen LogP contribution in [0.15, 0.2) is 35.5 Å². The van der Waals surface area contributed by atoms with Gasteiger partial charge in [-0.25, -0.2) is 4.98 Å². The Morgan fingerprint density at radius 1 is 1.32 bits per heavy atom. The van der Waals surface area contributed by atoms with Gasteiger partial charge in [0.1, 0.15) is 0 Å². The Hall–Kier alpha value is -2.36. The molecule has 1 aromatic heterocycles. The molecule has 2 heterocycles. The second-order valence-electron chi connectivity index (χ2n) is 7.56. The third kappa shape index (κ3) is 3.39. The lowest BCUT2D eigenvalue weighted by molar-refractivity contribution is 0.395. The Morgan fingerprint density at radius 3 is 2.72 bits per heavy atom. The molecule has 4 heteroatoms. The Labute approximate surface area is 150 Å². The maximum absolute atomic E-state index is 5.08. The summed E-state index contributed by atoms with van der Waals surface area (Å²) >= 11 is 0. The van der Waals surface area contributed by atoms with Crippen LogP contribution in [0.3, 0.4) is 0 Å². The number of hydrogen-bond acceptors (Lipinski definition) is 4. The Kier molecular flexibility index (Phi) is 4.55. The normalized spacial score (nSPS) is 19.1. The molecule has 2 aromatic rings. The summed E-state index contributed by atoms with van der Waals surface area (Å²) < 4.78 is 5.08. The Balaban J connectivity index is 1.93. The van der Waals surface area contributed by atoms with Crippen LogP contribution in [-0.2, 0) is 0 Å². The molecule has 0 saturated carbocycles. The first-order chi connectivity index (χ1) is 11.8. The number of hydrogen-bond donors (Lipinski definition) is 0. The van der Waals surface area contributed by atoms with Crippen molar-refractivity contribution in [3.8, 4) is 5.88 Å². The summed E-state index contributed by atoms with van der Waals surface area (Å²) in [5, 5.41) is 0. The van der Waals surface area contributed by atoms with Gasteiger partial charge in [0, 0.05) is 30.6 Å². The van der Waals surface area contributed by atoms with E-state index < -0.39 is 0 Å². The first kappa shape index (κ1) is 17.5. The van der Waals surface area contributed by atoms with Gasteiger partial charge in [-0.15, -0.1) is 0 Å². The van der Waals surface area contributed by atoms with Crippen LogP contribution in [0, 0.1) is 6.92 Å². The maximum Gasteiger partial charge on any atom is 0.213 e. The molecule has 1 aliphatic rings. The number of aliphatic imine (C=N–C) groups is 1. The SMILES string of the molecule is COc1ccc(N=Cc2cc3c(cc2C)N(C)C(C)(C)C[C@@H]3C)cn1. The van der Waals surface area contributed by atoms with E-state index in [1.54, 1.807) is 13.3 Å². The van der Waals surface area contributed by atoms with Crippen LogP contribution in [0.25, 0.3) is 0 Å². The number of fused-ring (bicyclic) bond motifs is 1. The highest BCUT2D eigenvalue weighted by molar-refractivity contribution is 5.85. The average molecular weight is 337 g/mol. The minimum atomic E-state index is 0.184. The van der Waals surface area contributed by atoms with E-state index in [1.165, 1.54) is 16.8 Å². The van der Waals surface area contributed by atoms with Crippen molar-refractivity contribution in [1.29, 1.82) is 0 Å².